The molecule has 248 valence electrons. The smallest absolute Gasteiger partial charge is 0.412 e. The van der Waals surface area contributed by atoms with Crippen LogP contribution in [0.25, 0.3) is 22.3 Å². The van der Waals surface area contributed by atoms with Gasteiger partial charge in [0.15, 0.2) is 0 Å². The molecule has 0 spiro atoms. The van der Waals surface area contributed by atoms with E-state index >= 15 is 0 Å². The van der Waals surface area contributed by atoms with Crippen molar-refractivity contribution in [2.24, 2.45) is 0 Å². The number of carbonyl (C=O) groups excluding carboxylic acids is 2. The minimum atomic E-state index is -0.540. The first kappa shape index (κ1) is 34.7. The number of phenolic OH excluding ortho intramolecular Hbond substituents is 2. The summed E-state index contributed by atoms with van der Waals surface area (Å²) in [5, 5.41) is 25.4. The molecule has 4 aromatic rings. The van der Waals surface area contributed by atoms with Gasteiger partial charge in [-0.15, -0.1) is 0 Å². The Morgan fingerprint density at radius 2 is 0.957 bits per heavy atom. The van der Waals surface area contributed by atoms with Crippen molar-refractivity contribution in [3.63, 3.8) is 0 Å². The Hall–Kier alpha value is -5.18. The van der Waals surface area contributed by atoms with Crippen LogP contribution in [0.5, 0.6) is 34.5 Å². The van der Waals surface area contributed by atoms with Crippen LogP contribution in [0.4, 0.5) is 9.59 Å². The second-order valence-electron chi connectivity index (χ2n) is 11.3. The molecule has 2 amide bonds. The van der Waals surface area contributed by atoms with Crippen LogP contribution in [-0.2, 0) is 0 Å². The Balaban J connectivity index is 1.60. The molecule has 0 aliphatic carbocycles. The molecule has 0 aliphatic rings. The lowest BCUT2D eigenvalue weighted by atomic mass is 10.0. The Kier molecular flexibility index (Phi) is 13.3. The molecule has 0 saturated carbocycles. The highest BCUT2D eigenvalue weighted by Crippen LogP contribution is 2.41. The van der Waals surface area contributed by atoms with E-state index in [1.54, 1.807) is 84.9 Å². The largest absolute Gasteiger partial charge is 0.508 e. The monoisotopic (exact) mass is 640 g/mol. The molecule has 0 atom stereocenters. The fourth-order valence-electron chi connectivity index (χ4n) is 4.95. The van der Waals surface area contributed by atoms with E-state index in [4.69, 9.17) is 14.2 Å². The number of ether oxygens (including phenoxy) is 3. The standard InChI is InChI=1S/C38H44N2O7/c1-3-5-7-9-23-39-37(43)45-31-19-21-35(33(25-31)27-11-15-29(41)16-12-27)47-36-22-20-32(46-38(44)40-24-10-8-6-4-2)26-34(36)28-13-17-30(42)18-14-28/h11-22,25-26,41-42H,3-10,23-24H2,1-2H3,(H,39,43)(H,40,44). The molecule has 47 heavy (non-hydrogen) atoms. The zero-order valence-electron chi connectivity index (χ0n) is 27.1. The van der Waals surface area contributed by atoms with Crippen LogP contribution in [0, 0.1) is 0 Å². The van der Waals surface area contributed by atoms with Crippen LogP contribution in [0.2, 0.25) is 0 Å². The Bertz CT molecular complexity index is 1470. The van der Waals surface area contributed by atoms with Gasteiger partial charge in [0, 0.05) is 24.2 Å². The number of phenols is 2. The fraction of sp³-hybridized carbons (Fsp3) is 0.316. The third kappa shape index (κ3) is 11.0. The van der Waals surface area contributed by atoms with Gasteiger partial charge in [0.25, 0.3) is 0 Å². The second kappa shape index (κ2) is 18.1. The number of aromatic hydroxyl groups is 2. The second-order valence-corrected chi connectivity index (χ2v) is 11.3. The van der Waals surface area contributed by atoms with Crippen molar-refractivity contribution < 1.29 is 34.0 Å². The van der Waals surface area contributed by atoms with Gasteiger partial charge >= 0.3 is 12.2 Å². The third-order valence-corrected chi connectivity index (χ3v) is 7.50. The molecule has 0 aromatic heterocycles. The summed E-state index contributed by atoms with van der Waals surface area (Å²) in [4.78, 5) is 25.0. The van der Waals surface area contributed by atoms with Gasteiger partial charge in [0.1, 0.15) is 34.5 Å². The number of hydrogen-bond acceptors (Lipinski definition) is 7. The molecule has 0 radical (unpaired) electrons. The number of carbonyl (C=O) groups is 2. The van der Waals surface area contributed by atoms with Gasteiger partial charge < -0.3 is 35.1 Å². The fourth-order valence-corrected chi connectivity index (χ4v) is 4.95. The summed E-state index contributed by atoms with van der Waals surface area (Å²) in [5.74, 6) is 1.80. The molecule has 0 aliphatic heterocycles. The molecule has 0 saturated heterocycles. The van der Waals surface area contributed by atoms with Crippen LogP contribution in [0.1, 0.15) is 65.2 Å². The summed E-state index contributed by atoms with van der Waals surface area (Å²) in [7, 11) is 0. The van der Waals surface area contributed by atoms with Gasteiger partial charge in [-0.2, -0.15) is 0 Å². The minimum Gasteiger partial charge on any atom is -0.508 e. The molecule has 4 N–H and O–H groups in total. The molecule has 9 nitrogen and oxygen atoms in total. The molecule has 9 heteroatoms. The van der Waals surface area contributed by atoms with Gasteiger partial charge in [0.2, 0.25) is 0 Å². The number of nitrogens with one attached hydrogen (secondary N) is 2. The van der Waals surface area contributed by atoms with Crippen molar-refractivity contribution in [2.75, 3.05) is 13.1 Å². The summed E-state index contributed by atoms with van der Waals surface area (Å²) in [6, 6.07) is 23.4. The van der Waals surface area contributed by atoms with Gasteiger partial charge in [0.05, 0.1) is 0 Å². The predicted molar refractivity (Wildman–Crippen MR) is 183 cm³/mol. The lowest BCUT2D eigenvalue weighted by Gasteiger charge is -2.17. The maximum absolute atomic E-state index is 12.5. The number of rotatable bonds is 16. The van der Waals surface area contributed by atoms with E-state index in [1.165, 1.54) is 0 Å². The number of unbranched alkanes of at least 4 members (excludes halogenated alkanes) is 6. The predicted octanol–water partition coefficient (Wildman–Crippen LogP) is 9.56. The summed E-state index contributed by atoms with van der Waals surface area (Å²) in [5.41, 5.74) is 2.70. The zero-order valence-corrected chi connectivity index (χ0v) is 27.1. The molecule has 0 unspecified atom stereocenters. The average Bonchev–Trinajstić information content (AvgIpc) is 3.06. The topological polar surface area (TPSA) is 126 Å². The van der Waals surface area contributed by atoms with Crippen molar-refractivity contribution >= 4 is 12.2 Å². The lowest BCUT2D eigenvalue weighted by molar-refractivity contribution is 0.199. The Labute approximate surface area is 276 Å². The summed E-state index contributed by atoms with van der Waals surface area (Å²) in [6.45, 7) is 5.34. The molecular weight excluding hydrogens is 596 g/mol. The Morgan fingerprint density at radius 3 is 1.34 bits per heavy atom. The SMILES string of the molecule is CCCCCCNC(=O)Oc1ccc(Oc2ccc(OC(=O)NCCCCCC)cc2-c2ccc(O)cc2)c(-c2ccc(O)cc2)c1. The van der Waals surface area contributed by atoms with Gasteiger partial charge in [-0.05, 0) is 84.6 Å². The van der Waals surface area contributed by atoms with Crippen molar-refractivity contribution in [1.82, 2.24) is 10.6 Å². The molecule has 0 heterocycles. The molecule has 4 rings (SSSR count). The first-order valence-corrected chi connectivity index (χ1v) is 16.3. The molecular formula is C38H44N2O7. The van der Waals surface area contributed by atoms with Crippen molar-refractivity contribution in [1.29, 1.82) is 0 Å². The first-order chi connectivity index (χ1) is 22.9. The van der Waals surface area contributed by atoms with E-state index in [0.29, 0.717) is 47.2 Å². The molecule has 4 aromatic carbocycles. The molecule has 0 fully saturated rings. The van der Waals surface area contributed by atoms with Crippen molar-refractivity contribution in [3.8, 4) is 56.8 Å². The van der Waals surface area contributed by atoms with Crippen molar-refractivity contribution in [2.45, 2.75) is 65.2 Å². The quantitative estimate of drug-likeness (QED) is 0.0899. The third-order valence-electron chi connectivity index (χ3n) is 7.50. The van der Waals surface area contributed by atoms with Gasteiger partial charge in [-0.3, -0.25) is 0 Å². The summed E-state index contributed by atoms with van der Waals surface area (Å²) < 4.78 is 17.7. The van der Waals surface area contributed by atoms with E-state index in [9.17, 15) is 19.8 Å². The van der Waals surface area contributed by atoms with Crippen LogP contribution in [0.3, 0.4) is 0 Å². The van der Waals surface area contributed by atoms with Gasteiger partial charge in [-0.1, -0.05) is 76.6 Å². The van der Waals surface area contributed by atoms with E-state index in [2.05, 4.69) is 24.5 Å². The minimum absolute atomic E-state index is 0.112. The summed E-state index contributed by atoms with van der Waals surface area (Å²) in [6.07, 6.45) is 7.23. The normalized spacial score (nSPS) is 10.7. The highest BCUT2D eigenvalue weighted by Gasteiger charge is 2.16. The van der Waals surface area contributed by atoms with Gasteiger partial charge in [-0.25, -0.2) is 9.59 Å². The maximum Gasteiger partial charge on any atom is 0.412 e. The zero-order chi connectivity index (χ0) is 33.4. The lowest BCUT2D eigenvalue weighted by Crippen LogP contribution is -2.27. The first-order valence-electron chi connectivity index (χ1n) is 16.3. The number of hydrogen-bond donors (Lipinski definition) is 4. The number of benzene rings is 4. The van der Waals surface area contributed by atoms with E-state index in [-0.39, 0.29) is 11.5 Å². The van der Waals surface area contributed by atoms with Crippen LogP contribution >= 0.6 is 0 Å². The molecule has 0 bridgehead atoms. The summed E-state index contributed by atoms with van der Waals surface area (Å²) >= 11 is 0. The van der Waals surface area contributed by atoms with Crippen molar-refractivity contribution in [3.05, 3.63) is 84.9 Å². The Morgan fingerprint density at radius 1 is 0.553 bits per heavy atom. The van der Waals surface area contributed by atoms with E-state index < -0.39 is 12.2 Å². The average molecular weight is 641 g/mol. The van der Waals surface area contributed by atoms with Crippen LogP contribution in [-0.4, -0.2) is 35.5 Å². The van der Waals surface area contributed by atoms with E-state index in [0.717, 1.165) is 62.5 Å². The number of amides is 2. The highest BCUT2D eigenvalue weighted by atomic mass is 16.6. The highest BCUT2D eigenvalue weighted by molar-refractivity contribution is 5.78. The van der Waals surface area contributed by atoms with Crippen LogP contribution in [0.15, 0.2) is 84.9 Å². The maximum atomic E-state index is 12.5. The van der Waals surface area contributed by atoms with Crippen LogP contribution < -0.4 is 24.8 Å². The van der Waals surface area contributed by atoms with E-state index in [1.807, 2.05) is 0 Å².